The minimum Gasteiger partial charge on any atom is -0.462 e. The second-order valence-electron chi connectivity index (χ2n) is 27.5. The number of unbranched alkanes of at least 4 members (excludes halogenated alkanes) is 38. The minimum atomic E-state index is -4.96. The number of phosphoric acid groups is 2. The maximum absolute atomic E-state index is 13.1. The Morgan fingerprint density at radius 2 is 0.554 bits per heavy atom. The summed E-state index contributed by atoms with van der Waals surface area (Å²) in [4.78, 5) is 72.7. The Bertz CT molecular complexity index is 1800. The van der Waals surface area contributed by atoms with Crippen molar-refractivity contribution in [3.8, 4) is 0 Å². The first-order valence-corrected chi connectivity index (χ1v) is 40.9. The molecule has 0 rings (SSSR count). The maximum atomic E-state index is 13.1. The predicted octanol–water partition coefficient (Wildman–Crippen LogP) is 21.0. The smallest absolute Gasteiger partial charge is 0.462 e. The van der Waals surface area contributed by atoms with E-state index in [1.807, 2.05) is 0 Å². The van der Waals surface area contributed by atoms with E-state index in [9.17, 15) is 43.2 Å². The van der Waals surface area contributed by atoms with Crippen molar-refractivity contribution in [2.45, 2.75) is 388 Å². The monoisotopic (exact) mass is 1350 g/mol. The van der Waals surface area contributed by atoms with Crippen LogP contribution >= 0.6 is 15.6 Å². The van der Waals surface area contributed by atoms with Crippen LogP contribution in [-0.4, -0.2) is 96.7 Å². The van der Waals surface area contributed by atoms with Gasteiger partial charge in [0.2, 0.25) is 0 Å². The summed E-state index contributed by atoms with van der Waals surface area (Å²) in [6.07, 6.45) is 48.5. The van der Waals surface area contributed by atoms with Gasteiger partial charge in [-0.3, -0.25) is 37.3 Å². The molecular formula is C73H142O17P2. The Balaban J connectivity index is 5.26. The molecule has 0 aliphatic rings. The van der Waals surface area contributed by atoms with Crippen LogP contribution in [0.15, 0.2) is 0 Å². The number of hydrogen-bond acceptors (Lipinski definition) is 15. The molecule has 0 bridgehead atoms. The van der Waals surface area contributed by atoms with Crippen molar-refractivity contribution in [2.24, 2.45) is 17.8 Å². The number of rotatable bonds is 71. The lowest BCUT2D eigenvalue weighted by molar-refractivity contribution is -0.161. The summed E-state index contributed by atoms with van der Waals surface area (Å²) in [7, 11) is -9.91. The van der Waals surface area contributed by atoms with E-state index in [2.05, 4.69) is 48.5 Å². The Labute approximate surface area is 562 Å². The molecule has 0 saturated carbocycles. The number of phosphoric ester groups is 2. The Morgan fingerprint density at radius 1 is 0.315 bits per heavy atom. The number of aliphatic hydroxyl groups excluding tert-OH is 1. The molecule has 6 atom stereocenters. The average molecular weight is 1350 g/mol. The number of carbonyl (C=O) groups excluding carboxylic acids is 4. The highest BCUT2D eigenvalue weighted by Gasteiger charge is 2.30. The number of carbonyl (C=O) groups is 4. The second-order valence-corrected chi connectivity index (χ2v) is 30.4. The Kier molecular flexibility index (Phi) is 62.4. The van der Waals surface area contributed by atoms with E-state index in [1.54, 1.807) is 0 Å². The zero-order chi connectivity index (χ0) is 68.0. The largest absolute Gasteiger partial charge is 0.472 e. The van der Waals surface area contributed by atoms with Crippen LogP contribution in [0.5, 0.6) is 0 Å². The third-order valence-electron chi connectivity index (χ3n) is 17.2. The van der Waals surface area contributed by atoms with Crippen molar-refractivity contribution in [3.63, 3.8) is 0 Å². The lowest BCUT2D eigenvalue weighted by Crippen LogP contribution is -2.30. The molecule has 0 aliphatic carbocycles. The van der Waals surface area contributed by atoms with Gasteiger partial charge in [0.1, 0.15) is 19.3 Å². The van der Waals surface area contributed by atoms with Crippen LogP contribution in [0, 0.1) is 17.8 Å². The molecule has 0 heterocycles. The SMILES string of the molecule is CCCCCCCCCCCCCCC(=O)O[C@H](COC(=O)CCCCCCCCCC(C)C)COP(=O)(O)OC[C@H](O)COP(=O)(O)OC[C@@H](COC(=O)CCCCCCCCCCCCC(C)CC)OC(=O)CCCCCCCCCCCCCCCC(C)C. The average Bonchev–Trinajstić information content (AvgIpc) is 1.66. The number of ether oxygens (including phenoxy) is 4. The molecule has 0 aromatic carbocycles. The summed E-state index contributed by atoms with van der Waals surface area (Å²) in [5.74, 6) is 0.180. The molecule has 19 heteroatoms. The minimum absolute atomic E-state index is 0.106. The molecule has 92 heavy (non-hydrogen) atoms. The van der Waals surface area contributed by atoms with Crippen molar-refractivity contribution in [2.75, 3.05) is 39.6 Å². The summed E-state index contributed by atoms with van der Waals surface area (Å²) in [5, 5.41) is 10.6. The van der Waals surface area contributed by atoms with Crippen LogP contribution in [0.25, 0.3) is 0 Å². The fraction of sp³-hybridized carbons (Fsp3) is 0.945. The molecule has 0 aromatic rings. The zero-order valence-corrected chi connectivity index (χ0v) is 61.8. The van der Waals surface area contributed by atoms with Crippen LogP contribution in [-0.2, 0) is 65.4 Å². The molecule has 3 N–H and O–H groups in total. The first kappa shape index (κ1) is 90.1. The summed E-state index contributed by atoms with van der Waals surface area (Å²) in [6.45, 7) is 11.9. The first-order valence-electron chi connectivity index (χ1n) is 37.9. The Morgan fingerprint density at radius 3 is 0.826 bits per heavy atom. The molecule has 0 spiro atoms. The lowest BCUT2D eigenvalue weighted by atomic mass is 9.99. The number of aliphatic hydroxyl groups is 1. The standard InChI is InChI=1S/C73H142O17P2/c1-8-10-11-12-13-14-15-20-27-34-42-49-56-72(77)90-69(61-84-71(76)55-48-41-36-29-31-38-45-52-65(5)6)63-88-92(81,82)86-59-67(74)58-85-91(79,80)87-62-68(60-83-70(75)54-47-40-33-26-23-22-25-32-39-46-53-66(7)9-2)89-73(78)57-50-43-35-28-21-18-16-17-19-24-30-37-44-51-64(3)4/h64-69,74H,8-63H2,1-7H3,(H,79,80)(H,81,82)/t66?,67-,68-,69-/m1/s1. The van der Waals surface area contributed by atoms with Crippen LogP contribution in [0.4, 0.5) is 0 Å². The predicted molar refractivity (Wildman–Crippen MR) is 372 cm³/mol. The van der Waals surface area contributed by atoms with Gasteiger partial charge in [0.15, 0.2) is 12.2 Å². The van der Waals surface area contributed by atoms with Crippen molar-refractivity contribution in [1.29, 1.82) is 0 Å². The highest BCUT2D eigenvalue weighted by molar-refractivity contribution is 7.47. The molecule has 0 radical (unpaired) electrons. The maximum Gasteiger partial charge on any atom is 0.472 e. The zero-order valence-electron chi connectivity index (χ0n) is 60.0. The van der Waals surface area contributed by atoms with Crippen LogP contribution < -0.4 is 0 Å². The van der Waals surface area contributed by atoms with Gasteiger partial charge in [-0.2, -0.15) is 0 Å². The van der Waals surface area contributed by atoms with Gasteiger partial charge in [-0.05, 0) is 43.4 Å². The molecule has 0 aliphatic heterocycles. The molecule has 17 nitrogen and oxygen atoms in total. The van der Waals surface area contributed by atoms with Gasteiger partial charge in [-0.15, -0.1) is 0 Å². The summed E-state index contributed by atoms with van der Waals surface area (Å²) < 4.78 is 68.4. The quantitative estimate of drug-likeness (QED) is 0.0222. The van der Waals surface area contributed by atoms with E-state index >= 15 is 0 Å². The summed E-state index contributed by atoms with van der Waals surface area (Å²) >= 11 is 0. The molecule has 0 saturated heterocycles. The van der Waals surface area contributed by atoms with Gasteiger partial charge in [0.05, 0.1) is 26.4 Å². The van der Waals surface area contributed by atoms with Crippen molar-refractivity contribution < 1.29 is 80.2 Å². The lowest BCUT2D eigenvalue weighted by Gasteiger charge is -2.21. The molecule has 0 amide bonds. The fourth-order valence-electron chi connectivity index (χ4n) is 11.0. The van der Waals surface area contributed by atoms with E-state index in [1.165, 1.54) is 173 Å². The van der Waals surface area contributed by atoms with Gasteiger partial charge in [-0.25, -0.2) is 9.13 Å². The van der Waals surface area contributed by atoms with E-state index < -0.39 is 97.5 Å². The van der Waals surface area contributed by atoms with Gasteiger partial charge in [-0.1, -0.05) is 318 Å². The van der Waals surface area contributed by atoms with E-state index in [-0.39, 0.29) is 25.7 Å². The van der Waals surface area contributed by atoms with Gasteiger partial charge >= 0.3 is 39.5 Å². The van der Waals surface area contributed by atoms with Crippen molar-refractivity contribution in [1.82, 2.24) is 0 Å². The second kappa shape index (κ2) is 63.8. The molecule has 0 aromatic heterocycles. The van der Waals surface area contributed by atoms with Crippen LogP contribution in [0.2, 0.25) is 0 Å². The molecule has 3 unspecified atom stereocenters. The van der Waals surface area contributed by atoms with E-state index in [0.717, 1.165) is 108 Å². The molecule has 546 valence electrons. The van der Waals surface area contributed by atoms with Crippen LogP contribution in [0.3, 0.4) is 0 Å². The van der Waals surface area contributed by atoms with E-state index in [4.69, 9.17) is 37.0 Å². The third kappa shape index (κ3) is 65.4. The fourth-order valence-corrected chi connectivity index (χ4v) is 12.6. The van der Waals surface area contributed by atoms with Crippen molar-refractivity contribution in [3.05, 3.63) is 0 Å². The number of esters is 4. The summed E-state index contributed by atoms with van der Waals surface area (Å²) in [6, 6.07) is 0. The van der Waals surface area contributed by atoms with Gasteiger partial charge < -0.3 is 33.8 Å². The number of hydrogen-bond donors (Lipinski definition) is 3. The molecule has 0 fully saturated rings. The third-order valence-corrected chi connectivity index (χ3v) is 19.1. The topological polar surface area (TPSA) is 237 Å². The highest BCUT2D eigenvalue weighted by Crippen LogP contribution is 2.45. The summed E-state index contributed by atoms with van der Waals surface area (Å²) in [5.41, 5.74) is 0. The van der Waals surface area contributed by atoms with Gasteiger partial charge in [0.25, 0.3) is 0 Å². The highest BCUT2D eigenvalue weighted by atomic mass is 31.2. The molecular weight excluding hydrogens is 1210 g/mol. The first-order chi connectivity index (χ1) is 44.3. The van der Waals surface area contributed by atoms with E-state index in [0.29, 0.717) is 31.6 Å². The van der Waals surface area contributed by atoms with Gasteiger partial charge in [0, 0.05) is 25.7 Å². The van der Waals surface area contributed by atoms with Crippen LogP contribution in [0.1, 0.15) is 370 Å². The van der Waals surface area contributed by atoms with Crippen molar-refractivity contribution >= 4 is 39.5 Å². The normalized spacial score (nSPS) is 14.4. The Hall–Kier alpha value is -1.94.